The van der Waals surface area contributed by atoms with Crippen LogP contribution in [0, 0.1) is 0 Å². The fourth-order valence-corrected chi connectivity index (χ4v) is 3.18. The van der Waals surface area contributed by atoms with Gasteiger partial charge in [-0.3, -0.25) is 14.3 Å². The molecule has 0 aliphatic heterocycles. The number of rotatable bonds is 5. The topological polar surface area (TPSA) is 80.1 Å². The zero-order chi connectivity index (χ0) is 18.7. The third-order valence-electron chi connectivity index (χ3n) is 4.37. The Kier molecular flexibility index (Phi) is 5.32. The van der Waals surface area contributed by atoms with Crippen molar-refractivity contribution >= 4 is 34.9 Å². The summed E-state index contributed by atoms with van der Waals surface area (Å²) < 4.78 is 1.66. The van der Waals surface area contributed by atoms with Crippen molar-refractivity contribution < 1.29 is 4.79 Å². The number of amides is 1. The highest BCUT2D eigenvalue weighted by Crippen LogP contribution is 2.25. The summed E-state index contributed by atoms with van der Waals surface area (Å²) in [4.78, 5) is 35.7. The van der Waals surface area contributed by atoms with Crippen LogP contribution in [0.5, 0.6) is 0 Å². The van der Waals surface area contributed by atoms with Gasteiger partial charge in [-0.15, -0.1) is 0 Å². The van der Waals surface area contributed by atoms with Gasteiger partial charge in [-0.25, -0.2) is 14.8 Å². The Morgan fingerprint density at radius 3 is 2.65 bits per heavy atom. The van der Waals surface area contributed by atoms with Crippen molar-refractivity contribution in [2.24, 2.45) is 4.99 Å². The minimum Gasteiger partial charge on any atom is -0.290 e. The highest BCUT2D eigenvalue weighted by Gasteiger charge is 2.19. The SMILES string of the molecule is CCC(CC)n1c(=O)[nH]c2ncc(Cl)c(C=NC(=O)c3ccccc3)c21. The Morgan fingerprint density at radius 1 is 1.31 bits per heavy atom. The summed E-state index contributed by atoms with van der Waals surface area (Å²) in [5, 5.41) is 0.334. The molecule has 0 aliphatic carbocycles. The molecule has 0 atom stereocenters. The third kappa shape index (κ3) is 3.32. The first-order valence-corrected chi connectivity index (χ1v) is 8.86. The van der Waals surface area contributed by atoms with Crippen LogP contribution in [0.2, 0.25) is 5.02 Å². The Hall–Kier alpha value is -2.73. The zero-order valence-corrected chi connectivity index (χ0v) is 15.3. The van der Waals surface area contributed by atoms with Crippen LogP contribution in [0.4, 0.5) is 0 Å². The first kappa shape index (κ1) is 18.1. The maximum absolute atomic E-state index is 12.4. The number of hydrogen-bond donors (Lipinski definition) is 1. The number of hydrogen-bond acceptors (Lipinski definition) is 3. The van der Waals surface area contributed by atoms with Crippen molar-refractivity contribution in [3.05, 3.63) is 63.2 Å². The number of nitrogens with one attached hydrogen (secondary N) is 1. The predicted molar refractivity (Wildman–Crippen MR) is 103 cm³/mol. The van der Waals surface area contributed by atoms with E-state index in [1.54, 1.807) is 28.8 Å². The average molecular weight is 371 g/mol. The molecule has 7 heteroatoms. The summed E-state index contributed by atoms with van der Waals surface area (Å²) in [6.45, 7) is 4.04. The second-order valence-corrected chi connectivity index (χ2v) is 6.32. The largest absolute Gasteiger partial charge is 0.327 e. The number of halogens is 1. The van der Waals surface area contributed by atoms with Crippen molar-refractivity contribution in [2.45, 2.75) is 32.7 Å². The number of carbonyl (C=O) groups is 1. The van der Waals surface area contributed by atoms with E-state index in [2.05, 4.69) is 15.0 Å². The maximum Gasteiger partial charge on any atom is 0.327 e. The molecular weight excluding hydrogens is 352 g/mol. The van der Waals surface area contributed by atoms with Crippen LogP contribution in [0.25, 0.3) is 11.2 Å². The molecule has 0 saturated heterocycles. The molecule has 2 heterocycles. The minimum atomic E-state index is -0.376. The third-order valence-corrected chi connectivity index (χ3v) is 4.67. The number of aromatic nitrogens is 3. The molecule has 6 nitrogen and oxygen atoms in total. The molecule has 0 bridgehead atoms. The van der Waals surface area contributed by atoms with Crippen molar-refractivity contribution in [3.63, 3.8) is 0 Å². The van der Waals surface area contributed by atoms with Crippen molar-refractivity contribution in [2.75, 3.05) is 0 Å². The lowest BCUT2D eigenvalue weighted by Gasteiger charge is -2.15. The van der Waals surface area contributed by atoms with Gasteiger partial charge in [0.05, 0.1) is 10.5 Å². The standard InChI is InChI=1S/C19H19ClN4O2/c1-3-13(4-2)24-16-14(15(20)11-21-17(16)23-19(24)26)10-22-18(25)12-8-6-5-7-9-12/h5-11,13H,3-4H2,1-2H3,(H,21,23,26). The number of fused-ring (bicyclic) bond motifs is 1. The van der Waals surface area contributed by atoms with Gasteiger partial charge < -0.3 is 0 Å². The number of nitrogens with zero attached hydrogens (tertiary/aromatic N) is 3. The number of aliphatic imine (C=N–C) groups is 1. The molecule has 1 aromatic carbocycles. The quantitative estimate of drug-likeness (QED) is 0.689. The Morgan fingerprint density at radius 2 is 2.00 bits per heavy atom. The van der Waals surface area contributed by atoms with Crippen LogP contribution < -0.4 is 5.69 Å². The van der Waals surface area contributed by atoms with E-state index in [0.29, 0.717) is 27.3 Å². The molecule has 3 rings (SSSR count). The van der Waals surface area contributed by atoms with Gasteiger partial charge in [0.25, 0.3) is 5.91 Å². The van der Waals surface area contributed by atoms with Gasteiger partial charge in [0.1, 0.15) is 0 Å². The second-order valence-electron chi connectivity index (χ2n) is 5.92. The molecule has 0 radical (unpaired) electrons. The van der Waals surface area contributed by atoms with Crippen LogP contribution in [0.15, 0.2) is 46.3 Å². The number of pyridine rings is 1. The van der Waals surface area contributed by atoms with E-state index >= 15 is 0 Å². The maximum atomic E-state index is 12.4. The Bertz CT molecular complexity index is 1020. The smallest absolute Gasteiger partial charge is 0.290 e. The van der Waals surface area contributed by atoms with Crippen molar-refractivity contribution in [3.8, 4) is 0 Å². The summed E-state index contributed by atoms with van der Waals surface area (Å²) in [6, 6.07) is 8.78. The molecule has 1 N–H and O–H groups in total. The lowest BCUT2D eigenvalue weighted by atomic mass is 10.1. The van der Waals surface area contributed by atoms with E-state index in [9.17, 15) is 9.59 Å². The fourth-order valence-electron chi connectivity index (χ4n) is 2.99. The molecule has 134 valence electrons. The zero-order valence-electron chi connectivity index (χ0n) is 14.6. The van der Waals surface area contributed by atoms with Gasteiger partial charge in [-0.1, -0.05) is 43.6 Å². The number of aromatic amines is 1. The van der Waals surface area contributed by atoms with Crippen LogP contribution in [0.1, 0.15) is 48.7 Å². The first-order chi connectivity index (χ1) is 12.6. The van der Waals surface area contributed by atoms with E-state index in [4.69, 9.17) is 11.6 Å². The van der Waals surface area contributed by atoms with E-state index in [0.717, 1.165) is 12.8 Å². The molecule has 1 amide bonds. The Balaban J connectivity index is 2.13. The highest BCUT2D eigenvalue weighted by molar-refractivity contribution is 6.34. The van der Waals surface area contributed by atoms with Gasteiger partial charge >= 0.3 is 5.69 Å². The average Bonchev–Trinajstić information content (AvgIpc) is 2.99. The molecule has 0 saturated carbocycles. The number of imidazole rings is 1. The van der Waals surface area contributed by atoms with Crippen LogP contribution in [0.3, 0.4) is 0 Å². The molecule has 26 heavy (non-hydrogen) atoms. The first-order valence-electron chi connectivity index (χ1n) is 8.48. The normalized spacial score (nSPS) is 11.7. The number of carbonyl (C=O) groups excluding carboxylic acids is 1. The summed E-state index contributed by atoms with van der Waals surface area (Å²) in [5.74, 6) is -0.376. The molecule has 0 spiro atoms. The van der Waals surface area contributed by atoms with Gasteiger partial charge in [-0.05, 0) is 25.0 Å². The van der Waals surface area contributed by atoms with E-state index in [1.165, 1.54) is 12.4 Å². The van der Waals surface area contributed by atoms with Crippen LogP contribution in [-0.4, -0.2) is 26.7 Å². The van der Waals surface area contributed by atoms with Gasteiger partial charge in [0, 0.05) is 29.6 Å². The van der Waals surface area contributed by atoms with Gasteiger partial charge in [-0.2, -0.15) is 0 Å². The molecule has 0 aliphatic rings. The van der Waals surface area contributed by atoms with Crippen LogP contribution >= 0.6 is 11.6 Å². The summed E-state index contributed by atoms with van der Waals surface area (Å²) in [7, 11) is 0. The summed E-state index contributed by atoms with van der Waals surface area (Å²) in [6.07, 6.45) is 4.43. The lowest BCUT2D eigenvalue weighted by Crippen LogP contribution is -2.22. The number of benzene rings is 1. The predicted octanol–water partition coefficient (Wildman–Crippen LogP) is 4.00. The summed E-state index contributed by atoms with van der Waals surface area (Å²) in [5.41, 5.74) is 1.75. The van der Waals surface area contributed by atoms with Crippen molar-refractivity contribution in [1.29, 1.82) is 0 Å². The lowest BCUT2D eigenvalue weighted by molar-refractivity contribution is 0.100. The fraction of sp³-hybridized carbons (Fsp3) is 0.263. The van der Waals surface area contributed by atoms with E-state index in [1.807, 2.05) is 19.9 Å². The second kappa shape index (κ2) is 7.66. The molecule has 2 aromatic heterocycles. The minimum absolute atomic E-state index is 0.00786. The molecule has 3 aromatic rings. The molecule has 0 fully saturated rings. The van der Waals surface area contributed by atoms with E-state index < -0.39 is 0 Å². The highest BCUT2D eigenvalue weighted by atomic mass is 35.5. The molecule has 0 unspecified atom stereocenters. The summed E-state index contributed by atoms with van der Waals surface area (Å²) >= 11 is 6.31. The monoisotopic (exact) mass is 370 g/mol. The Labute approximate surface area is 155 Å². The van der Waals surface area contributed by atoms with Crippen molar-refractivity contribution in [1.82, 2.24) is 14.5 Å². The van der Waals surface area contributed by atoms with Crippen LogP contribution in [-0.2, 0) is 0 Å². The number of H-pyrrole nitrogens is 1. The van der Waals surface area contributed by atoms with Gasteiger partial charge in [0.15, 0.2) is 5.65 Å². The molecular formula is C19H19ClN4O2. The van der Waals surface area contributed by atoms with E-state index in [-0.39, 0.29) is 17.6 Å². The van der Waals surface area contributed by atoms with Gasteiger partial charge in [0.2, 0.25) is 0 Å².